The molecule has 0 spiro atoms. The minimum absolute atomic E-state index is 0.316. The Labute approximate surface area is 202 Å². The number of carbonyl (C=O) groups is 2. The molecular formula is C23H30N6O4S. The Kier molecular flexibility index (Phi) is 7.77. The van der Waals surface area contributed by atoms with Gasteiger partial charge in [-0.15, -0.1) is 0 Å². The fraction of sp³-hybridized carbons (Fsp3) is 0.391. The lowest BCUT2D eigenvalue weighted by atomic mass is 9.80. The summed E-state index contributed by atoms with van der Waals surface area (Å²) in [7, 11) is 1.57. The molecule has 182 valence electrons. The van der Waals surface area contributed by atoms with Crippen molar-refractivity contribution in [2.45, 2.75) is 26.7 Å². The van der Waals surface area contributed by atoms with Gasteiger partial charge in [-0.2, -0.15) is 0 Å². The van der Waals surface area contributed by atoms with Gasteiger partial charge in [0, 0.05) is 49.3 Å². The highest BCUT2D eigenvalue weighted by Gasteiger charge is 2.37. The fourth-order valence-corrected chi connectivity index (χ4v) is 4.48. The normalized spacial score (nSPS) is 16.0. The van der Waals surface area contributed by atoms with Gasteiger partial charge in [0.05, 0.1) is 22.7 Å². The van der Waals surface area contributed by atoms with Crippen molar-refractivity contribution in [2.24, 2.45) is 16.1 Å². The number of likely N-dealkylation sites (tertiary alicyclic amines) is 1. The standard InChI is InChI=1S/C23H30N6O4S/c1-5-25-21(32)28-22-27-17-10-16(18(33-4)11-19(17)34-22)15(12-24)13-26-14(2)29-8-6-23(3,7-9-29)20(30)31/h10-13H,2,5-9,24H2,1,3-4H3,(H,30,31)(H2,25,27,28,32)/b15-12+,26-13?. The number of nitrogens with two attached hydrogens (primary N) is 1. The lowest BCUT2D eigenvalue weighted by Gasteiger charge is -2.37. The van der Waals surface area contributed by atoms with Gasteiger partial charge in [0.15, 0.2) is 5.13 Å². The third kappa shape index (κ3) is 5.48. The van der Waals surface area contributed by atoms with Gasteiger partial charge >= 0.3 is 12.0 Å². The van der Waals surface area contributed by atoms with E-state index >= 15 is 0 Å². The Bertz CT molecular complexity index is 1150. The first-order valence-corrected chi connectivity index (χ1v) is 11.7. The number of rotatable bonds is 8. The molecule has 5 N–H and O–H groups in total. The van der Waals surface area contributed by atoms with Gasteiger partial charge in [0.1, 0.15) is 11.6 Å². The Morgan fingerprint density at radius 3 is 2.71 bits per heavy atom. The molecule has 0 unspecified atom stereocenters. The van der Waals surface area contributed by atoms with E-state index in [1.54, 1.807) is 20.2 Å². The van der Waals surface area contributed by atoms with Crippen LogP contribution in [0.25, 0.3) is 15.8 Å². The van der Waals surface area contributed by atoms with E-state index in [-0.39, 0.29) is 6.03 Å². The maximum Gasteiger partial charge on any atom is 0.321 e. The van der Waals surface area contributed by atoms with Crippen molar-refractivity contribution in [1.29, 1.82) is 0 Å². The number of aliphatic carboxylic acids is 1. The van der Waals surface area contributed by atoms with Crippen LogP contribution >= 0.6 is 11.3 Å². The lowest BCUT2D eigenvalue weighted by molar-refractivity contribution is -0.150. The smallest absolute Gasteiger partial charge is 0.321 e. The third-order valence-electron chi connectivity index (χ3n) is 5.86. The second-order valence-electron chi connectivity index (χ2n) is 8.17. The van der Waals surface area contributed by atoms with E-state index < -0.39 is 11.4 Å². The predicted molar refractivity (Wildman–Crippen MR) is 135 cm³/mol. The molecule has 11 heteroatoms. The predicted octanol–water partition coefficient (Wildman–Crippen LogP) is 3.47. The number of thiazole rings is 1. The minimum atomic E-state index is -0.775. The van der Waals surface area contributed by atoms with Gasteiger partial charge in [0.2, 0.25) is 0 Å². The summed E-state index contributed by atoms with van der Waals surface area (Å²) in [4.78, 5) is 34.2. The highest BCUT2D eigenvalue weighted by Crippen LogP contribution is 2.35. The maximum atomic E-state index is 11.8. The number of benzene rings is 1. The van der Waals surface area contributed by atoms with Crippen LogP contribution in [-0.4, -0.2) is 59.9 Å². The summed E-state index contributed by atoms with van der Waals surface area (Å²) in [5.41, 5.74) is 7.18. The van der Waals surface area contributed by atoms with E-state index in [1.165, 1.54) is 17.5 Å². The molecule has 2 aromatic rings. The molecule has 1 aromatic heterocycles. The zero-order valence-electron chi connectivity index (χ0n) is 19.6. The van der Waals surface area contributed by atoms with Gasteiger partial charge in [-0.1, -0.05) is 17.9 Å². The van der Waals surface area contributed by atoms with Gasteiger partial charge in [-0.05, 0) is 32.8 Å². The van der Waals surface area contributed by atoms with Crippen molar-refractivity contribution in [3.63, 3.8) is 0 Å². The quantitative estimate of drug-likeness (QED) is 0.418. The number of ether oxygens (including phenoxy) is 1. The summed E-state index contributed by atoms with van der Waals surface area (Å²) in [5.74, 6) is 0.349. The Morgan fingerprint density at radius 2 is 2.12 bits per heavy atom. The highest BCUT2D eigenvalue weighted by molar-refractivity contribution is 7.22. The summed E-state index contributed by atoms with van der Waals surface area (Å²) >= 11 is 1.34. The number of anilines is 1. The zero-order valence-corrected chi connectivity index (χ0v) is 20.4. The fourth-order valence-electron chi connectivity index (χ4n) is 3.61. The van der Waals surface area contributed by atoms with Crippen molar-refractivity contribution in [3.05, 3.63) is 36.3 Å². The minimum Gasteiger partial charge on any atom is -0.496 e. The number of hydrogen-bond acceptors (Lipinski definition) is 8. The summed E-state index contributed by atoms with van der Waals surface area (Å²) in [6.45, 7) is 9.29. The van der Waals surface area contributed by atoms with Crippen LogP contribution in [0.5, 0.6) is 5.75 Å². The summed E-state index contributed by atoms with van der Waals surface area (Å²) < 4.78 is 6.41. The Morgan fingerprint density at radius 1 is 1.41 bits per heavy atom. The van der Waals surface area contributed by atoms with E-state index in [2.05, 4.69) is 27.2 Å². The van der Waals surface area contributed by atoms with Crippen molar-refractivity contribution in [3.8, 4) is 5.75 Å². The molecule has 1 saturated heterocycles. The molecule has 34 heavy (non-hydrogen) atoms. The van der Waals surface area contributed by atoms with Crippen LogP contribution in [0.15, 0.2) is 35.7 Å². The molecule has 1 aromatic carbocycles. The number of aromatic nitrogens is 1. The van der Waals surface area contributed by atoms with Gasteiger partial charge in [-0.25, -0.2) is 14.8 Å². The Hall–Kier alpha value is -3.60. The summed E-state index contributed by atoms with van der Waals surface area (Å²) in [6, 6.07) is 3.36. The molecule has 0 bridgehead atoms. The number of carbonyl (C=O) groups excluding carboxylic acids is 1. The number of fused-ring (bicyclic) bond motifs is 1. The van der Waals surface area contributed by atoms with Crippen molar-refractivity contribution >= 4 is 50.5 Å². The highest BCUT2D eigenvalue weighted by atomic mass is 32.1. The SMILES string of the molecule is C=C(N=C/C(=C\N)c1cc2nc(NC(=O)NCC)sc2cc1OC)N1CCC(C)(C(=O)O)CC1. The van der Waals surface area contributed by atoms with Crippen LogP contribution < -0.4 is 21.1 Å². The van der Waals surface area contributed by atoms with E-state index in [9.17, 15) is 14.7 Å². The molecule has 1 fully saturated rings. The average Bonchev–Trinajstić information content (AvgIpc) is 3.20. The van der Waals surface area contributed by atoms with Crippen molar-refractivity contribution in [1.82, 2.24) is 15.2 Å². The van der Waals surface area contributed by atoms with Gasteiger partial charge < -0.3 is 25.8 Å². The second-order valence-corrected chi connectivity index (χ2v) is 9.20. The molecule has 0 aliphatic carbocycles. The maximum absolute atomic E-state index is 11.8. The third-order valence-corrected chi connectivity index (χ3v) is 6.79. The number of piperidine rings is 1. The first-order valence-electron chi connectivity index (χ1n) is 10.9. The largest absolute Gasteiger partial charge is 0.496 e. The molecule has 2 amide bonds. The first kappa shape index (κ1) is 25.0. The molecule has 1 aliphatic heterocycles. The number of urea groups is 1. The van der Waals surface area contributed by atoms with Crippen LogP contribution in [0, 0.1) is 5.41 Å². The van der Waals surface area contributed by atoms with Crippen LogP contribution in [0.4, 0.5) is 9.93 Å². The number of nitrogens with one attached hydrogen (secondary N) is 2. The average molecular weight is 487 g/mol. The van der Waals surface area contributed by atoms with Crippen LogP contribution in [0.1, 0.15) is 32.3 Å². The van der Waals surface area contributed by atoms with Crippen molar-refractivity contribution < 1.29 is 19.4 Å². The van der Waals surface area contributed by atoms with Crippen LogP contribution in [0.3, 0.4) is 0 Å². The van der Waals surface area contributed by atoms with E-state index in [1.807, 2.05) is 24.0 Å². The number of allylic oxidation sites excluding steroid dienone is 1. The summed E-state index contributed by atoms with van der Waals surface area (Å²) in [5, 5.41) is 15.3. The number of nitrogens with zero attached hydrogens (tertiary/aromatic N) is 3. The molecule has 0 radical (unpaired) electrons. The Balaban J connectivity index is 1.78. The number of carboxylic acids is 1. The van der Waals surface area contributed by atoms with Crippen molar-refractivity contribution in [2.75, 3.05) is 32.1 Å². The lowest BCUT2D eigenvalue weighted by Crippen LogP contribution is -2.41. The molecule has 3 rings (SSSR count). The molecule has 2 heterocycles. The number of methoxy groups -OCH3 is 1. The summed E-state index contributed by atoms with van der Waals surface area (Å²) in [6.07, 6.45) is 4.09. The second kappa shape index (κ2) is 10.6. The molecule has 0 atom stereocenters. The topological polar surface area (TPSA) is 142 Å². The van der Waals surface area contributed by atoms with E-state index in [0.717, 1.165) is 4.70 Å². The van der Waals surface area contributed by atoms with Gasteiger partial charge in [0.25, 0.3) is 0 Å². The first-order chi connectivity index (χ1) is 16.2. The monoisotopic (exact) mass is 486 g/mol. The van der Waals surface area contributed by atoms with E-state index in [4.69, 9.17) is 10.5 Å². The van der Waals surface area contributed by atoms with Crippen LogP contribution in [-0.2, 0) is 4.79 Å². The number of amides is 2. The van der Waals surface area contributed by atoms with Crippen LogP contribution in [0.2, 0.25) is 0 Å². The number of aliphatic imine (C=N–C) groups is 1. The zero-order chi connectivity index (χ0) is 24.9. The van der Waals surface area contributed by atoms with Gasteiger partial charge in [-0.3, -0.25) is 10.1 Å². The molecule has 0 saturated carbocycles. The van der Waals surface area contributed by atoms with E-state index in [0.29, 0.717) is 65.8 Å². The molecule has 1 aliphatic rings. The number of hydrogen-bond donors (Lipinski definition) is 4. The molecular weight excluding hydrogens is 456 g/mol. The molecule has 10 nitrogen and oxygen atoms in total. The number of carboxylic acid groups (broad SMARTS) is 1.